The van der Waals surface area contributed by atoms with Gasteiger partial charge in [-0.3, -0.25) is 0 Å². The van der Waals surface area contributed by atoms with E-state index in [1.54, 1.807) is 30.3 Å². The smallest absolute Gasteiger partial charge is 0.343 e. The first-order chi connectivity index (χ1) is 20.5. The van der Waals surface area contributed by atoms with Crippen LogP contribution in [0.3, 0.4) is 0 Å². The highest BCUT2D eigenvalue weighted by Gasteiger charge is 2.24. The number of esters is 2. The third-order valence-electron chi connectivity index (χ3n) is 7.56. The molecule has 3 aromatic carbocycles. The van der Waals surface area contributed by atoms with Gasteiger partial charge >= 0.3 is 17.9 Å². The van der Waals surface area contributed by atoms with Gasteiger partial charge in [-0.15, -0.1) is 0 Å². The number of carbonyl (C=O) groups excluding carboxylic acids is 2. The molecule has 0 aliphatic heterocycles. The zero-order valence-corrected chi connectivity index (χ0v) is 24.4. The minimum atomic E-state index is -1.14. The van der Waals surface area contributed by atoms with Crippen LogP contribution in [0.2, 0.25) is 0 Å². The monoisotopic (exact) mass is 572 g/mol. The summed E-state index contributed by atoms with van der Waals surface area (Å²) in [7, 11) is 0. The Morgan fingerprint density at radius 3 is 1.88 bits per heavy atom. The van der Waals surface area contributed by atoms with Crippen LogP contribution in [0, 0.1) is 0 Å². The molecule has 0 radical (unpaired) electrons. The van der Waals surface area contributed by atoms with E-state index in [9.17, 15) is 19.5 Å². The van der Waals surface area contributed by atoms with Crippen LogP contribution in [-0.4, -0.2) is 29.6 Å². The number of hydrogen-bond acceptors (Lipinski definition) is 6. The number of rotatable bonds is 15. The minimum absolute atomic E-state index is 0.0286. The summed E-state index contributed by atoms with van der Waals surface area (Å²) in [5.41, 5.74) is 2.37. The number of carboxylic acid groups (broad SMARTS) is 1. The Morgan fingerprint density at radius 1 is 0.667 bits per heavy atom. The Hall–Kier alpha value is -4.13. The molecular weight excluding hydrogens is 532 g/mol. The van der Waals surface area contributed by atoms with Gasteiger partial charge in [-0.2, -0.15) is 0 Å². The van der Waals surface area contributed by atoms with Gasteiger partial charge in [0.15, 0.2) is 0 Å². The molecule has 0 spiro atoms. The molecule has 3 aromatic rings. The zero-order chi connectivity index (χ0) is 29.7. The molecule has 7 nitrogen and oxygen atoms in total. The summed E-state index contributed by atoms with van der Waals surface area (Å²) in [6.07, 6.45) is 13.3. The van der Waals surface area contributed by atoms with Gasteiger partial charge in [0.25, 0.3) is 0 Å². The third-order valence-corrected chi connectivity index (χ3v) is 7.56. The molecule has 0 saturated carbocycles. The highest BCUT2D eigenvalue weighted by Crippen LogP contribution is 2.34. The lowest BCUT2D eigenvalue weighted by Crippen LogP contribution is -2.16. The van der Waals surface area contributed by atoms with Gasteiger partial charge in [0, 0.05) is 0 Å². The molecule has 0 heterocycles. The van der Waals surface area contributed by atoms with Gasteiger partial charge in [0.05, 0.1) is 17.7 Å². The lowest BCUT2D eigenvalue weighted by Gasteiger charge is -2.20. The van der Waals surface area contributed by atoms with Crippen molar-refractivity contribution in [3.05, 3.63) is 88.5 Å². The first kappa shape index (κ1) is 30.8. The number of unbranched alkanes of at least 4 members (excludes halogenated alkanes) is 7. The van der Waals surface area contributed by atoms with Gasteiger partial charge < -0.3 is 19.3 Å². The van der Waals surface area contributed by atoms with Crippen molar-refractivity contribution >= 4 is 17.9 Å². The third kappa shape index (κ3) is 8.68. The van der Waals surface area contributed by atoms with Gasteiger partial charge in [0.2, 0.25) is 0 Å². The molecule has 4 rings (SSSR count). The van der Waals surface area contributed by atoms with E-state index in [4.69, 9.17) is 14.2 Å². The van der Waals surface area contributed by atoms with E-state index in [1.807, 2.05) is 0 Å². The Labute approximate surface area is 247 Å². The van der Waals surface area contributed by atoms with E-state index in [0.29, 0.717) is 24.3 Å². The summed E-state index contributed by atoms with van der Waals surface area (Å²) in [5, 5.41) is 9.63. The maximum Gasteiger partial charge on any atom is 0.343 e. The predicted molar refractivity (Wildman–Crippen MR) is 161 cm³/mol. The van der Waals surface area contributed by atoms with Crippen molar-refractivity contribution in [2.24, 2.45) is 0 Å². The average Bonchev–Trinajstić information content (AvgIpc) is 3.01. The van der Waals surface area contributed by atoms with E-state index in [-0.39, 0.29) is 22.6 Å². The highest BCUT2D eigenvalue weighted by atomic mass is 16.5. The Morgan fingerprint density at radius 2 is 1.24 bits per heavy atom. The second-order valence-electron chi connectivity index (χ2n) is 10.7. The number of ether oxygens (including phenoxy) is 3. The fourth-order valence-corrected chi connectivity index (χ4v) is 5.17. The molecule has 1 aliphatic rings. The number of aromatic carboxylic acids is 1. The van der Waals surface area contributed by atoms with E-state index in [1.165, 1.54) is 68.9 Å². The fourth-order valence-electron chi connectivity index (χ4n) is 5.17. The molecule has 0 unspecified atom stereocenters. The van der Waals surface area contributed by atoms with E-state index < -0.39 is 17.9 Å². The predicted octanol–water partition coefficient (Wildman–Crippen LogP) is 8.22. The van der Waals surface area contributed by atoms with E-state index in [0.717, 1.165) is 43.2 Å². The quantitative estimate of drug-likeness (QED) is 0.111. The molecule has 0 fully saturated rings. The summed E-state index contributed by atoms with van der Waals surface area (Å²) in [6, 6.07) is 16.1. The van der Waals surface area contributed by atoms with Crippen LogP contribution in [0.4, 0.5) is 0 Å². The zero-order valence-electron chi connectivity index (χ0n) is 24.4. The van der Waals surface area contributed by atoms with Crippen LogP contribution < -0.4 is 14.2 Å². The van der Waals surface area contributed by atoms with E-state index >= 15 is 0 Å². The molecular formula is C35H40O7. The summed E-state index contributed by atoms with van der Waals surface area (Å²) in [6.45, 7) is 2.88. The minimum Gasteiger partial charge on any atom is -0.494 e. The van der Waals surface area contributed by atoms with Crippen LogP contribution in [0.15, 0.2) is 60.7 Å². The molecule has 0 aromatic heterocycles. The molecule has 0 amide bonds. The topological polar surface area (TPSA) is 99.1 Å². The molecule has 1 N–H and O–H groups in total. The normalized spacial score (nSPS) is 12.3. The van der Waals surface area contributed by atoms with Crippen molar-refractivity contribution in [3.63, 3.8) is 0 Å². The number of fused-ring (bicyclic) bond motifs is 1. The Balaban J connectivity index is 1.26. The largest absolute Gasteiger partial charge is 0.494 e. The molecule has 1 aliphatic carbocycles. The molecule has 42 heavy (non-hydrogen) atoms. The van der Waals surface area contributed by atoms with Crippen molar-refractivity contribution in [3.8, 4) is 17.2 Å². The standard InChI is InChI=1S/C35H40O7/c1-2-3-4-5-6-7-8-11-24-40-28-19-14-26(15-20-28)34(38)41-29-21-16-27(17-22-29)35(39)42-32-30-13-10-9-12-25(30)18-23-31(32)33(36)37/h14-23H,2-13,24H2,1H3,(H,36,37). The van der Waals surface area contributed by atoms with Crippen LogP contribution >= 0.6 is 0 Å². The highest BCUT2D eigenvalue weighted by molar-refractivity contribution is 5.96. The second-order valence-corrected chi connectivity index (χ2v) is 10.7. The SMILES string of the molecule is CCCCCCCCCCOc1ccc(C(=O)Oc2ccc(C(=O)Oc3c(C(=O)O)ccc4c3CCCC4)cc2)cc1. The maximum atomic E-state index is 12.9. The lowest BCUT2D eigenvalue weighted by atomic mass is 9.89. The van der Waals surface area contributed by atoms with Gasteiger partial charge in [0.1, 0.15) is 22.8 Å². The molecule has 7 heteroatoms. The van der Waals surface area contributed by atoms with Crippen molar-refractivity contribution in [1.29, 1.82) is 0 Å². The van der Waals surface area contributed by atoms with Crippen LogP contribution in [-0.2, 0) is 12.8 Å². The average molecular weight is 573 g/mol. The number of carbonyl (C=O) groups is 3. The number of hydrogen-bond donors (Lipinski definition) is 1. The van der Waals surface area contributed by atoms with Crippen molar-refractivity contribution in [2.75, 3.05) is 6.61 Å². The molecule has 222 valence electrons. The van der Waals surface area contributed by atoms with Gasteiger partial charge in [-0.05, 0) is 97.8 Å². The van der Waals surface area contributed by atoms with Crippen LogP contribution in [0.5, 0.6) is 17.2 Å². The molecule has 0 atom stereocenters. The second kappa shape index (κ2) is 15.8. The molecule has 0 saturated heterocycles. The number of aryl methyl sites for hydroxylation is 1. The van der Waals surface area contributed by atoms with E-state index in [2.05, 4.69) is 6.92 Å². The maximum absolute atomic E-state index is 12.9. The summed E-state index contributed by atoms with van der Waals surface area (Å²) < 4.78 is 16.9. The first-order valence-corrected chi connectivity index (χ1v) is 15.1. The number of benzene rings is 3. The van der Waals surface area contributed by atoms with Crippen molar-refractivity contribution in [2.45, 2.75) is 84.0 Å². The van der Waals surface area contributed by atoms with Crippen molar-refractivity contribution < 1.29 is 33.7 Å². The summed E-state index contributed by atoms with van der Waals surface area (Å²) in [5.74, 6) is -1.24. The summed E-state index contributed by atoms with van der Waals surface area (Å²) in [4.78, 5) is 37.3. The number of carboxylic acids is 1. The Bertz CT molecular complexity index is 1340. The van der Waals surface area contributed by atoms with Gasteiger partial charge in [-0.1, -0.05) is 57.9 Å². The van der Waals surface area contributed by atoms with Crippen molar-refractivity contribution in [1.82, 2.24) is 0 Å². The molecule has 0 bridgehead atoms. The summed E-state index contributed by atoms with van der Waals surface area (Å²) >= 11 is 0. The fraction of sp³-hybridized carbons (Fsp3) is 0.400. The van der Waals surface area contributed by atoms with Gasteiger partial charge in [-0.25, -0.2) is 14.4 Å². The van der Waals surface area contributed by atoms with Crippen LogP contribution in [0.1, 0.15) is 113 Å². The lowest BCUT2D eigenvalue weighted by molar-refractivity contribution is 0.0678. The first-order valence-electron chi connectivity index (χ1n) is 15.1. The van der Waals surface area contributed by atoms with Crippen LogP contribution in [0.25, 0.3) is 0 Å². The Kier molecular flexibility index (Phi) is 11.6.